The summed E-state index contributed by atoms with van der Waals surface area (Å²) in [4.78, 5) is 10.9. The van der Waals surface area contributed by atoms with Crippen molar-refractivity contribution in [3.63, 3.8) is 0 Å². The van der Waals surface area contributed by atoms with Gasteiger partial charge >= 0.3 is 12.3 Å². The number of hydrogen-bond donors (Lipinski definition) is 3. The van der Waals surface area contributed by atoms with Crippen LogP contribution in [0.25, 0.3) is 0 Å². The number of ether oxygens (including phenoxy) is 1. The molecule has 0 atom stereocenters. The lowest BCUT2D eigenvalue weighted by Gasteiger charge is -2.43. The van der Waals surface area contributed by atoms with Gasteiger partial charge in [-0.1, -0.05) is 15.9 Å². The normalized spacial score (nSPS) is 17.0. The number of alkyl halides is 3. The fourth-order valence-electron chi connectivity index (χ4n) is 2.07. The molecule has 1 aromatic carbocycles. The Hall–Kier alpha value is -1.48. The molecule has 0 saturated carbocycles. The first-order valence-electron chi connectivity index (χ1n) is 5.95. The van der Waals surface area contributed by atoms with E-state index in [9.17, 15) is 18.0 Å². The third-order valence-corrected chi connectivity index (χ3v) is 3.48. The first-order valence-corrected chi connectivity index (χ1v) is 6.74. The number of aliphatic carboxylic acids is 1. The Morgan fingerprint density at radius 3 is 2.62 bits per heavy atom. The molecule has 1 fully saturated rings. The zero-order chi connectivity index (χ0) is 15.7. The van der Waals surface area contributed by atoms with Crippen LogP contribution in [0.2, 0.25) is 0 Å². The van der Waals surface area contributed by atoms with Crippen molar-refractivity contribution >= 4 is 27.6 Å². The van der Waals surface area contributed by atoms with Gasteiger partial charge in [0.25, 0.3) is 0 Å². The van der Waals surface area contributed by atoms with Crippen molar-refractivity contribution in [3.05, 3.63) is 22.7 Å². The second-order valence-electron chi connectivity index (χ2n) is 4.77. The quantitative estimate of drug-likeness (QED) is 0.745. The summed E-state index contributed by atoms with van der Waals surface area (Å²) in [7, 11) is 0. The van der Waals surface area contributed by atoms with Gasteiger partial charge in [-0.05, 0) is 18.2 Å². The Labute approximate surface area is 126 Å². The van der Waals surface area contributed by atoms with Crippen LogP contribution in [-0.2, 0) is 4.79 Å². The highest BCUT2D eigenvalue weighted by molar-refractivity contribution is 9.10. The van der Waals surface area contributed by atoms with Crippen LogP contribution in [0.15, 0.2) is 22.7 Å². The van der Waals surface area contributed by atoms with Crippen LogP contribution in [0.5, 0.6) is 5.75 Å². The molecule has 1 aliphatic heterocycles. The topological polar surface area (TPSA) is 70.6 Å². The Kier molecular flexibility index (Phi) is 4.33. The van der Waals surface area contributed by atoms with Gasteiger partial charge in [0.15, 0.2) is 5.75 Å². The largest absolute Gasteiger partial charge is 0.573 e. The first kappa shape index (κ1) is 15.9. The van der Waals surface area contributed by atoms with Crippen molar-refractivity contribution < 1.29 is 27.8 Å². The summed E-state index contributed by atoms with van der Waals surface area (Å²) in [5.74, 6) is -1.44. The summed E-state index contributed by atoms with van der Waals surface area (Å²) in [6.45, 7) is 0.696. The molecule has 0 spiro atoms. The molecule has 21 heavy (non-hydrogen) atoms. The van der Waals surface area contributed by atoms with Crippen molar-refractivity contribution in [2.24, 2.45) is 0 Å². The maximum Gasteiger partial charge on any atom is 0.573 e. The van der Waals surface area contributed by atoms with E-state index in [1.807, 2.05) is 0 Å². The molecule has 1 heterocycles. The van der Waals surface area contributed by atoms with Gasteiger partial charge < -0.3 is 20.5 Å². The third-order valence-electron chi connectivity index (χ3n) is 2.99. The number of anilines is 1. The van der Waals surface area contributed by atoms with Crippen LogP contribution in [0.4, 0.5) is 18.9 Å². The summed E-state index contributed by atoms with van der Waals surface area (Å²) < 4.78 is 41.7. The van der Waals surface area contributed by atoms with Crippen LogP contribution in [0.1, 0.15) is 6.42 Å². The lowest BCUT2D eigenvalue weighted by Crippen LogP contribution is -2.65. The minimum atomic E-state index is -4.82. The smallest absolute Gasteiger partial charge is 0.481 e. The Balaban J connectivity index is 2.24. The minimum Gasteiger partial charge on any atom is -0.481 e. The van der Waals surface area contributed by atoms with E-state index in [4.69, 9.17) is 5.11 Å². The van der Waals surface area contributed by atoms with Crippen molar-refractivity contribution in [2.45, 2.75) is 18.3 Å². The summed E-state index contributed by atoms with van der Waals surface area (Å²) in [5.41, 5.74) is -0.720. The molecule has 0 aromatic heterocycles. The maximum atomic E-state index is 12.4. The second-order valence-corrected chi connectivity index (χ2v) is 5.68. The lowest BCUT2D eigenvalue weighted by atomic mass is 9.88. The molecule has 3 N–H and O–H groups in total. The van der Waals surface area contributed by atoms with Gasteiger partial charge in [-0.2, -0.15) is 0 Å². The highest BCUT2D eigenvalue weighted by atomic mass is 79.9. The average molecular weight is 369 g/mol. The van der Waals surface area contributed by atoms with Crippen molar-refractivity contribution in [1.29, 1.82) is 0 Å². The molecule has 1 aromatic rings. The molecule has 5 nitrogen and oxygen atoms in total. The molecule has 0 bridgehead atoms. The highest BCUT2D eigenvalue weighted by Crippen LogP contribution is 2.35. The van der Waals surface area contributed by atoms with Gasteiger partial charge in [-0.15, -0.1) is 13.2 Å². The van der Waals surface area contributed by atoms with Crippen molar-refractivity contribution in [1.82, 2.24) is 5.32 Å². The number of halogens is 4. The predicted molar refractivity (Wildman–Crippen MR) is 72.3 cm³/mol. The standard InChI is InChI=1S/C12H12BrF3N2O3/c13-7-1-2-8(9(3-7)21-12(14,15)16)18-11(4-10(19)20)5-17-6-11/h1-3,17-18H,4-6H2,(H,19,20). The fourth-order valence-corrected chi connectivity index (χ4v) is 2.41. The van der Waals surface area contributed by atoms with Gasteiger partial charge in [0.1, 0.15) is 0 Å². The van der Waals surface area contributed by atoms with E-state index >= 15 is 0 Å². The lowest BCUT2D eigenvalue weighted by molar-refractivity contribution is -0.274. The monoisotopic (exact) mass is 368 g/mol. The Morgan fingerprint density at radius 2 is 2.14 bits per heavy atom. The Bertz CT molecular complexity index is 547. The van der Waals surface area contributed by atoms with Crippen molar-refractivity contribution in [2.75, 3.05) is 18.4 Å². The van der Waals surface area contributed by atoms with Gasteiger partial charge in [0.2, 0.25) is 0 Å². The molecular formula is C12H12BrF3N2O3. The fraction of sp³-hybridized carbons (Fsp3) is 0.417. The van der Waals surface area contributed by atoms with Gasteiger partial charge in [-0.3, -0.25) is 4.79 Å². The van der Waals surface area contributed by atoms with Gasteiger partial charge in [0.05, 0.1) is 17.6 Å². The zero-order valence-corrected chi connectivity index (χ0v) is 12.2. The van der Waals surface area contributed by atoms with E-state index in [1.54, 1.807) is 6.07 Å². The van der Waals surface area contributed by atoms with Crippen LogP contribution in [0, 0.1) is 0 Å². The second kappa shape index (κ2) is 5.72. The van der Waals surface area contributed by atoms with E-state index in [1.165, 1.54) is 12.1 Å². The number of benzene rings is 1. The molecule has 0 amide bonds. The number of carboxylic acids is 1. The van der Waals surface area contributed by atoms with E-state index < -0.39 is 23.6 Å². The van der Waals surface area contributed by atoms with Gasteiger partial charge in [-0.25, -0.2) is 0 Å². The third kappa shape index (κ3) is 4.24. The number of rotatable bonds is 5. The van der Waals surface area contributed by atoms with Crippen LogP contribution in [0.3, 0.4) is 0 Å². The van der Waals surface area contributed by atoms with E-state index in [0.29, 0.717) is 17.6 Å². The van der Waals surface area contributed by atoms with E-state index in [-0.39, 0.29) is 12.1 Å². The average Bonchev–Trinajstić information content (AvgIpc) is 2.26. The number of carboxylic acid groups (broad SMARTS) is 1. The SMILES string of the molecule is O=C(O)CC1(Nc2ccc(Br)cc2OC(F)(F)F)CNC1. The van der Waals surface area contributed by atoms with Crippen LogP contribution in [-0.4, -0.2) is 36.1 Å². The molecule has 2 rings (SSSR count). The van der Waals surface area contributed by atoms with E-state index in [2.05, 4.69) is 31.3 Å². The van der Waals surface area contributed by atoms with Crippen LogP contribution >= 0.6 is 15.9 Å². The first-order chi connectivity index (χ1) is 9.69. The molecule has 9 heteroatoms. The molecule has 116 valence electrons. The molecule has 0 unspecified atom stereocenters. The number of nitrogens with one attached hydrogen (secondary N) is 2. The highest BCUT2D eigenvalue weighted by Gasteiger charge is 2.40. The minimum absolute atomic E-state index is 0.0956. The maximum absolute atomic E-state index is 12.4. The molecule has 1 aliphatic rings. The van der Waals surface area contributed by atoms with E-state index in [0.717, 1.165) is 0 Å². The molecule has 0 radical (unpaired) electrons. The van der Waals surface area contributed by atoms with Crippen LogP contribution < -0.4 is 15.4 Å². The molecule has 0 aliphatic carbocycles. The van der Waals surface area contributed by atoms with Crippen molar-refractivity contribution in [3.8, 4) is 5.75 Å². The summed E-state index contributed by atoms with van der Waals surface area (Å²) in [6, 6.07) is 4.13. The molecular weight excluding hydrogens is 357 g/mol. The number of carbonyl (C=O) groups is 1. The Morgan fingerprint density at radius 1 is 1.48 bits per heavy atom. The zero-order valence-electron chi connectivity index (χ0n) is 10.6. The summed E-state index contributed by atoms with van der Waals surface area (Å²) in [6.07, 6.45) is -5.03. The number of hydrogen-bond acceptors (Lipinski definition) is 4. The molecule has 1 saturated heterocycles. The summed E-state index contributed by atoms with van der Waals surface area (Å²) >= 11 is 3.07. The predicted octanol–water partition coefficient (Wildman–Crippen LogP) is 2.58. The van der Waals surface area contributed by atoms with Gasteiger partial charge in [0, 0.05) is 17.6 Å². The summed E-state index contributed by atoms with van der Waals surface area (Å²) in [5, 5.41) is 14.7.